The third-order valence-electron chi connectivity index (χ3n) is 15.5. The van der Waals surface area contributed by atoms with E-state index in [0.717, 1.165) is 96.3 Å². The Kier molecular flexibility index (Phi) is 65.1. The SMILES string of the molecule is CC/C=C\C/C=C\C/C=C\C/C=C\C/C=C\CCCCCCCCCC(=O)OC(COC(=O)CCCCCCCCCCCCCC)COC(=O)CCCCCCCCCCCCCCCCCCCCCCCCCCCC. The van der Waals surface area contributed by atoms with Crippen LogP contribution in [0.5, 0.6) is 0 Å². The van der Waals surface area contributed by atoms with Gasteiger partial charge in [0.25, 0.3) is 0 Å². The molecule has 0 heterocycles. The molecule has 79 heavy (non-hydrogen) atoms. The van der Waals surface area contributed by atoms with Crippen LogP contribution in [0.15, 0.2) is 60.8 Å². The first kappa shape index (κ1) is 76.1. The fourth-order valence-corrected chi connectivity index (χ4v) is 10.4. The van der Waals surface area contributed by atoms with Gasteiger partial charge in [-0.3, -0.25) is 14.4 Å². The van der Waals surface area contributed by atoms with Crippen LogP contribution in [0.4, 0.5) is 0 Å². The van der Waals surface area contributed by atoms with Gasteiger partial charge in [0.05, 0.1) is 0 Å². The molecule has 0 spiro atoms. The van der Waals surface area contributed by atoms with Gasteiger partial charge in [-0.15, -0.1) is 0 Å². The highest BCUT2D eigenvalue weighted by Crippen LogP contribution is 2.18. The molecule has 0 aliphatic rings. The molecule has 6 heteroatoms. The van der Waals surface area contributed by atoms with E-state index in [9.17, 15) is 14.4 Å². The second kappa shape index (κ2) is 67.6. The second-order valence-electron chi connectivity index (χ2n) is 23.4. The van der Waals surface area contributed by atoms with Crippen LogP contribution < -0.4 is 0 Å². The van der Waals surface area contributed by atoms with E-state index in [1.54, 1.807) is 0 Å². The Labute approximate surface area is 491 Å². The van der Waals surface area contributed by atoms with E-state index in [4.69, 9.17) is 14.2 Å². The summed E-state index contributed by atoms with van der Waals surface area (Å²) in [6.45, 7) is 6.58. The predicted octanol–water partition coefficient (Wildman–Crippen LogP) is 23.9. The lowest BCUT2D eigenvalue weighted by atomic mass is 10.0. The van der Waals surface area contributed by atoms with Crippen molar-refractivity contribution in [3.8, 4) is 0 Å². The maximum atomic E-state index is 12.9. The standard InChI is InChI=1S/C73H132O6/c1-4-7-10-13-16-19-22-25-27-29-31-33-35-36-37-39-40-42-44-46-48-51-54-57-60-63-66-72(75)78-69-70(68-77-71(74)65-62-59-56-53-50-24-21-18-15-12-9-6-3)79-73(76)67-64-61-58-55-52-49-47-45-43-41-38-34-32-30-28-26-23-20-17-14-11-8-5-2/h8,11,17,20,26,28,32,34,41,43,70H,4-7,9-10,12-16,18-19,21-25,27,29-31,33,35-40,42,44-69H2,1-3H3/b11-8-,20-17-,28-26-,34-32-,43-41-. The zero-order valence-corrected chi connectivity index (χ0v) is 52.9. The van der Waals surface area contributed by atoms with Gasteiger partial charge in [0.15, 0.2) is 6.10 Å². The summed E-state index contributed by atoms with van der Waals surface area (Å²) in [4.78, 5) is 38.4. The van der Waals surface area contributed by atoms with Crippen molar-refractivity contribution in [2.75, 3.05) is 13.2 Å². The van der Waals surface area contributed by atoms with E-state index in [2.05, 4.69) is 81.5 Å². The topological polar surface area (TPSA) is 78.9 Å². The van der Waals surface area contributed by atoms with Crippen LogP contribution in [0.25, 0.3) is 0 Å². The average Bonchev–Trinajstić information content (AvgIpc) is 3.45. The smallest absolute Gasteiger partial charge is 0.306 e. The van der Waals surface area contributed by atoms with Gasteiger partial charge >= 0.3 is 17.9 Å². The number of esters is 3. The highest BCUT2D eigenvalue weighted by atomic mass is 16.6. The highest BCUT2D eigenvalue weighted by molar-refractivity contribution is 5.71. The first-order valence-electron chi connectivity index (χ1n) is 34.8. The molecular formula is C73H132O6. The molecule has 0 aliphatic heterocycles. The molecule has 1 unspecified atom stereocenters. The van der Waals surface area contributed by atoms with Gasteiger partial charge in [-0.2, -0.15) is 0 Å². The third-order valence-corrected chi connectivity index (χ3v) is 15.5. The Morgan fingerprint density at radius 2 is 0.494 bits per heavy atom. The molecule has 1 atom stereocenters. The first-order chi connectivity index (χ1) is 39.0. The molecule has 0 fully saturated rings. The molecule has 0 N–H and O–H groups in total. The zero-order valence-electron chi connectivity index (χ0n) is 52.9. The van der Waals surface area contributed by atoms with Gasteiger partial charge in [0, 0.05) is 19.3 Å². The number of hydrogen-bond acceptors (Lipinski definition) is 6. The largest absolute Gasteiger partial charge is 0.462 e. The Balaban J connectivity index is 4.24. The molecule has 0 amide bonds. The summed E-state index contributed by atoms with van der Waals surface area (Å²) < 4.78 is 17.0. The van der Waals surface area contributed by atoms with Gasteiger partial charge in [-0.05, 0) is 64.2 Å². The van der Waals surface area contributed by atoms with Gasteiger partial charge in [-0.1, -0.05) is 345 Å². The van der Waals surface area contributed by atoms with Crippen LogP contribution in [0, 0.1) is 0 Å². The maximum Gasteiger partial charge on any atom is 0.306 e. The number of carbonyl (C=O) groups is 3. The maximum absolute atomic E-state index is 12.9. The average molecular weight is 1110 g/mol. The minimum Gasteiger partial charge on any atom is -0.462 e. The zero-order chi connectivity index (χ0) is 57.1. The number of unbranched alkanes of at least 4 members (excludes halogenated alkanes) is 43. The fraction of sp³-hybridized carbons (Fsp3) is 0.822. The van der Waals surface area contributed by atoms with Crippen molar-refractivity contribution in [3.63, 3.8) is 0 Å². The summed E-state index contributed by atoms with van der Waals surface area (Å²) >= 11 is 0. The quantitative estimate of drug-likeness (QED) is 0.0261. The Morgan fingerprint density at radius 1 is 0.266 bits per heavy atom. The van der Waals surface area contributed by atoms with Crippen LogP contribution in [0.3, 0.4) is 0 Å². The summed E-state index contributed by atoms with van der Waals surface area (Å²) in [5.74, 6) is -0.862. The van der Waals surface area contributed by atoms with Crippen molar-refractivity contribution >= 4 is 17.9 Å². The van der Waals surface area contributed by atoms with E-state index < -0.39 is 6.10 Å². The Morgan fingerprint density at radius 3 is 0.772 bits per heavy atom. The molecule has 0 aromatic heterocycles. The Hall–Kier alpha value is -2.89. The Bertz CT molecular complexity index is 1410. The van der Waals surface area contributed by atoms with Crippen molar-refractivity contribution in [2.24, 2.45) is 0 Å². The van der Waals surface area contributed by atoms with Gasteiger partial charge in [-0.25, -0.2) is 0 Å². The second-order valence-corrected chi connectivity index (χ2v) is 23.4. The summed E-state index contributed by atoms with van der Waals surface area (Å²) in [7, 11) is 0. The summed E-state index contributed by atoms with van der Waals surface area (Å²) in [6.07, 6.45) is 86.8. The molecule has 460 valence electrons. The van der Waals surface area contributed by atoms with E-state index in [0.29, 0.717) is 19.3 Å². The normalized spacial score (nSPS) is 12.4. The molecular weight excluding hydrogens is 973 g/mol. The third kappa shape index (κ3) is 65.8. The lowest BCUT2D eigenvalue weighted by Gasteiger charge is -2.18. The van der Waals surface area contributed by atoms with Crippen molar-refractivity contribution in [2.45, 2.75) is 374 Å². The molecule has 6 nitrogen and oxygen atoms in total. The minimum atomic E-state index is -0.778. The molecule has 0 aliphatic carbocycles. The van der Waals surface area contributed by atoms with Crippen LogP contribution in [-0.2, 0) is 28.6 Å². The van der Waals surface area contributed by atoms with Crippen LogP contribution in [-0.4, -0.2) is 37.2 Å². The lowest BCUT2D eigenvalue weighted by Crippen LogP contribution is -2.30. The van der Waals surface area contributed by atoms with Crippen molar-refractivity contribution in [1.29, 1.82) is 0 Å². The number of ether oxygens (including phenoxy) is 3. The van der Waals surface area contributed by atoms with E-state index in [1.807, 2.05) is 0 Å². The minimum absolute atomic E-state index is 0.0739. The van der Waals surface area contributed by atoms with E-state index in [1.165, 1.54) is 231 Å². The first-order valence-corrected chi connectivity index (χ1v) is 34.8. The number of allylic oxidation sites excluding steroid dienone is 10. The molecule has 0 radical (unpaired) electrons. The van der Waals surface area contributed by atoms with Crippen LogP contribution >= 0.6 is 0 Å². The lowest BCUT2D eigenvalue weighted by molar-refractivity contribution is -0.167. The number of carbonyl (C=O) groups excluding carboxylic acids is 3. The molecule has 0 saturated carbocycles. The van der Waals surface area contributed by atoms with E-state index in [-0.39, 0.29) is 31.1 Å². The number of hydrogen-bond donors (Lipinski definition) is 0. The molecule has 0 aromatic carbocycles. The fourth-order valence-electron chi connectivity index (χ4n) is 10.4. The van der Waals surface area contributed by atoms with Crippen molar-refractivity contribution in [1.82, 2.24) is 0 Å². The van der Waals surface area contributed by atoms with Gasteiger partial charge in [0.1, 0.15) is 13.2 Å². The molecule has 0 bridgehead atoms. The highest BCUT2D eigenvalue weighted by Gasteiger charge is 2.19. The van der Waals surface area contributed by atoms with Crippen molar-refractivity contribution < 1.29 is 28.6 Å². The van der Waals surface area contributed by atoms with Crippen LogP contribution in [0.1, 0.15) is 367 Å². The molecule has 0 saturated heterocycles. The monoisotopic (exact) mass is 1110 g/mol. The number of rotatable bonds is 64. The summed E-state index contributed by atoms with van der Waals surface area (Å²) in [6, 6.07) is 0. The van der Waals surface area contributed by atoms with E-state index >= 15 is 0 Å². The van der Waals surface area contributed by atoms with Crippen molar-refractivity contribution in [3.05, 3.63) is 60.8 Å². The van der Waals surface area contributed by atoms with Gasteiger partial charge < -0.3 is 14.2 Å². The van der Waals surface area contributed by atoms with Crippen LogP contribution in [0.2, 0.25) is 0 Å². The molecule has 0 aromatic rings. The summed E-state index contributed by atoms with van der Waals surface area (Å²) in [5, 5.41) is 0. The summed E-state index contributed by atoms with van der Waals surface area (Å²) in [5.41, 5.74) is 0. The molecule has 0 rings (SSSR count). The van der Waals surface area contributed by atoms with Gasteiger partial charge in [0.2, 0.25) is 0 Å². The predicted molar refractivity (Wildman–Crippen MR) is 344 cm³/mol.